The van der Waals surface area contributed by atoms with Crippen molar-refractivity contribution in [2.24, 2.45) is 5.73 Å². The van der Waals surface area contributed by atoms with E-state index in [-0.39, 0.29) is 78.0 Å². The lowest BCUT2D eigenvalue weighted by molar-refractivity contribution is -0.247. The number of hydrogen-bond acceptors (Lipinski definition) is 26. The average molecular weight is 1640 g/mol. The van der Waals surface area contributed by atoms with E-state index in [2.05, 4.69) is 47.5 Å². The van der Waals surface area contributed by atoms with Crippen molar-refractivity contribution < 1.29 is 112 Å². The summed E-state index contributed by atoms with van der Waals surface area (Å²) in [5, 5.41) is 101. The number of aromatic nitrogens is 1. The third-order valence-electron chi connectivity index (χ3n) is 20.9. The van der Waals surface area contributed by atoms with E-state index in [9.17, 15) is 78.9 Å². The van der Waals surface area contributed by atoms with Gasteiger partial charge in [-0.05, 0) is 62.4 Å². The van der Waals surface area contributed by atoms with Crippen LogP contribution in [0.2, 0.25) is 0 Å². The van der Waals surface area contributed by atoms with Gasteiger partial charge >= 0.3 is 5.97 Å². The molecule has 0 unspecified atom stereocenters. The number of aliphatic hydroxyl groups is 5. The molecular formula is C81H98N10O23S2. The number of Topliss-reactive ketones (excluding diaryl/α,β-unsaturated/α-hetero) is 1. The van der Waals surface area contributed by atoms with Crippen LogP contribution in [-0.4, -0.2) is 234 Å². The van der Waals surface area contributed by atoms with Crippen LogP contribution in [0.4, 0.5) is 0 Å². The Morgan fingerprint density at radius 1 is 0.724 bits per heavy atom. The minimum absolute atomic E-state index is 0.00354. The molecule has 33 nitrogen and oxygen atoms in total. The second-order valence-corrected chi connectivity index (χ2v) is 31.9. The first-order valence-corrected chi connectivity index (χ1v) is 40.7. The van der Waals surface area contributed by atoms with E-state index in [1.807, 2.05) is 6.92 Å². The zero-order valence-corrected chi connectivity index (χ0v) is 66.1. The highest BCUT2D eigenvalue weighted by Gasteiger charge is 2.51. The first-order chi connectivity index (χ1) is 55.4. The van der Waals surface area contributed by atoms with E-state index in [4.69, 9.17) is 24.7 Å². The third-order valence-corrected chi connectivity index (χ3v) is 23.3. The highest BCUT2D eigenvalue weighted by atomic mass is 33.1. The molecule has 10 rings (SSSR count). The number of H-pyrrole nitrogens is 1. The number of fused-ring (bicyclic) bond motifs is 4. The summed E-state index contributed by atoms with van der Waals surface area (Å²) >= 11 is 0. The second kappa shape index (κ2) is 40.0. The van der Waals surface area contributed by atoms with E-state index in [1.165, 1.54) is 46.1 Å². The largest absolute Gasteiger partial charge is 0.507 e. The van der Waals surface area contributed by atoms with Crippen LogP contribution in [0.25, 0.3) is 10.9 Å². The van der Waals surface area contributed by atoms with Crippen LogP contribution in [0.3, 0.4) is 0 Å². The molecule has 2 fully saturated rings. The molecule has 3 heterocycles. The van der Waals surface area contributed by atoms with Gasteiger partial charge in [-0.2, -0.15) is 0 Å². The first-order valence-electron chi connectivity index (χ1n) is 38.2. The number of ketones is 3. The van der Waals surface area contributed by atoms with Crippen LogP contribution in [0.5, 0.6) is 17.2 Å². The number of ether oxygens (including phenoxy) is 4. The fourth-order valence-corrected chi connectivity index (χ4v) is 16.7. The van der Waals surface area contributed by atoms with Crippen molar-refractivity contribution in [3.63, 3.8) is 0 Å². The number of methoxy groups -OCH3 is 1. The van der Waals surface area contributed by atoms with Gasteiger partial charge in [0.25, 0.3) is 0 Å². The molecule has 2 saturated heterocycles. The lowest BCUT2D eigenvalue weighted by atomic mass is 9.72. The zero-order valence-electron chi connectivity index (χ0n) is 64.4. The third kappa shape index (κ3) is 21.5. The van der Waals surface area contributed by atoms with Gasteiger partial charge in [-0.1, -0.05) is 132 Å². The predicted octanol–water partition coefficient (Wildman–Crippen LogP) is 1.15. The quantitative estimate of drug-likeness (QED) is 0.0195. The Morgan fingerprint density at radius 2 is 1.37 bits per heavy atom. The van der Waals surface area contributed by atoms with Crippen LogP contribution in [0.15, 0.2) is 109 Å². The Balaban J connectivity index is 0.886. The van der Waals surface area contributed by atoms with Gasteiger partial charge in [0.2, 0.25) is 58.8 Å². The molecule has 6 aromatic rings. The molecule has 5 aromatic carbocycles. The van der Waals surface area contributed by atoms with Crippen molar-refractivity contribution in [1.29, 1.82) is 0 Å². The topological polar surface area (TPSA) is 521 Å². The van der Waals surface area contributed by atoms with Crippen molar-refractivity contribution in [3.8, 4) is 17.2 Å². The number of rotatable bonds is 27. The normalized spacial score (nSPS) is 24.6. The Labute approximate surface area is 675 Å². The maximum Gasteiger partial charge on any atom is 0.306 e. The summed E-state index contributed by atoms with van der Waals surface area (Å²) in [6.07, 6.45) is -8.68. The number of nitrogens with one attached hydrogen (secondary N) is 9. The number of phenolic OH excluding ortho intramolecular Hbond substituents is 2. The first kappa shape index (κ1) is 88.0. The summed E-state index contributed by atoms with van der Waals surface area (Å²) < 4.78 is 22.9. The number of unbranched alkanes of at least 4 members (excludes halogenated alkanes) is 1. The monoisotopic (exact) mass is 1640 g/mol. The number of phenols is 2. The van der Waals surface area contributed by atoms with Crippen LogP contribution in [-0.2, 0) is 87.8 Å². The number of esters is 1. The summed E-state index contributed by atoms with van der Waals surface area (Å²) in [6.45, 7) is 4.04. The molecule has 35 heteroatoms. The second-order valence-electron chi connectivity index (χ2n) is 29.4. The minimum atomic E-state index is -2.59. The van der Waals surface area contributed by atoms with Crippen molar-refractivity contribution in [2.45, 2.75) is 202 Å². The molecule has 0 bridgehead atoms. The molecule has 0 radical (unpaired) electrons. The Kier molecular flexibility index (Phi) is 30.4. The Bertz CT molecular complexity index is 4600. The molecule has 16 atom stereocenters. The van der Waals surface area contributed by atoms with E-state index in [0.29, 0.717) is 40.4 Å². The molecule has 8 amide bonds. The molecule has 0 saturated carbocycles. The number of aromatic amines is 1. The maximum absolute atomic E-state index is 15.3. The summed E-state index contributed by atoms with van der Waals surface area (Å²) in [6, 6.07) is 15.4. The highest BCUT2D eigenvalue weighted by Crippen LogP contribution is 2.53. The number of amides is 8. The molecule has 2 aliphatic heterocycles. The summed E-state index contributed by atoms with van der Waals surface area (Å²) in [4.78, 5) is 177. The average Bonchev–Trinajstić information content (AvgIpc) is 0.773. The number of carbonyl (C=O) groups excluding carboxylic acids is 12. The number of hydrogen-bond donors (Lipinski definition) is 17. The minimum Gasteiger partial charge on any atom is -0.507 e. The molecule has 2 aliphatic carbocycles. The van der Waals surface area contributed by atoms with E-state index < -0.39 is 229 Å². The fraction of sp³-hybridized carbons (Fsp3) is 0.457. The molecule has 1 aromatic heterocycles. The van der Waals surface area contributed by atoms with Gasteiger partial charge in [0, 0.05) is 103 Å². The van der Waals surface area contributed by atoms with Crippen LogP contribution in [0.1, 0.15) is 145 Å². The van der Waals surface area contributed by atoms with Gasteiger partial charge in [-0.25, -0.2) is 0 Å². The lowest BCUT2D eigenvalue weighted by Gasteiger charge is -2.42. The smallest absolute Gasteiger partial charge is 0.306 e. The van der Waals surface area contributed by atoms with Gasteiger partial charge in [0.15, 0.2) is 18.7 Å². The number of benzene rings is 5. The molecule has 116 heavy (non-hydrogen) atoms. The van der Waals surface area contributed by atoms with Gasteiger partial charge in [0.1, 0.15) is 65.1 Å². The molecule has 0 spiro atoms. The van der Waals surface area contributed by atoms with Crippen LogP contribution in [0, 0.1) is 0 Å². The summed E-state index contributed by atoms with van der Waals surface area (Å²) in [7, 11) is 3.08. The summed E-state index contributed by atoms with van der Waals surface area (Å²) in [5.41, 5.74) is 3.75. The Morgan fingerprint density at radius 3 is 2.04 bits per heavy atom. The SMILES string of the molecule is CCCC[C@@H]1NC(=O)[C@@H](Cc2c[nH]c3ccccc23)NC(=O)[C@H](Cc2ccccc2)NC(=O)[C@@H](NC(=O)[C@@H](Cc2ccccc2)NC(=O)CCCC(=O)OCC(=O)[C@]2(O)Cc3c(O)c4c(c(O)c3[C@@H](O[C@H]3C[C@H](N)[C@H](O)[C@H](C)O3)C2)C(=O)c2c(OC)cccc2C4=O)CSSC[C@@H](C(=O)N[C@H](CO)[C@@H](C)O)NC(=O)[C@H]([C@@H](C)O)NC1=O. The zero-order chi connectivity index (χ0) is 83.8. The van der Waals surface area contributed by atoms with Gasteiger partial charge in [-0.3, -0.25) is 57.5 Å². The number of nitrogens with two attached hydrogens (primary N) is 1. The maximum atomic E-state index is 15.3. The Hall–Kier alpha value is -10.3. The number of para-hydroxylation sites is 1. The number of aromatic hydroxyl groups is 2. The fourth-order valence-electron chi connectivity index (χ4n) is 14.4. The predicted molar refractivity (Wildman–Crippen MR) is 422 cm³/mol. The van der Waals surface area contributed by atoms with Crippen LogP contribution >= 0.6 is 21.6 Å². The van der Waals surface area contributed by atoms with E-state index >= 15 is 14.4 Å². The van der Waals surface area contributed by atoms with Crippen molar-refractivity contribution in [2.75, 3.05) is 31.8 Å². The highest BCUT2D eigenvalue weighted by molar-refractivity contribution is 8.76. The van der Waals surface area contributed by atoms with Crippen molar-refractivity contribution >= 4 is 103 Å². The number of aliphatic hydroxyl groups excluding tert-OH is 4. The van der Waals surface area contributed by atoms with Crippen molar-refractivity contribution in [1.82, 2.24) is 47.5 Å². The molecular weight excluding hydrogens is 1550 g/mol. The van der Waals surface area contributed by atoms with Crippen LogP contribution < -0.4 is 53.0 Å². The van der Waals surface area contributed by atoms with Crippen molar-refractivity contribution in [3.05, 3.63) is 159 Å². The standard InChI is InChI=1S/C81H98N10O23S2/c1-6-7-24-51-74(103)91-68(41(3)94)80(109)90-57(79(108)88-55(36-92)40(2)93)39-116-115-38-56(78(107)86-53(30-44-20-12-9-13-21-44)76(105)87-54(77(106)85-51)31-45-35-83-50-25-15-14-22-46(45)50)89-75(104)52(29-43-18-10-8-11-19-43)84-61(96)27-17-28-62(97)112-37-60(95)81(110)33-48-65(59(34-81)114-63-32-49(82)69(98)42(4)113-63)73(102)67-66(71(48)100)70(99)47-23-16-26-58(111-5)64(47)72(67)101/h8-16,18-23,25-26,35,40-42,49,51-57,59,63,68-69,83,92-94,98,100,102,110H,6-7,17,24,27-34,36-39,82H2,1-5H3,(H,84,96)(H,85,106)(H,86,107)(H,87,105)(H,88,108)(H,89,104)(H,90,109)(H,91,103)/t40-,41-,42+,49+,51+,52-,53+,54-,55-,56+,57+,59+,63+,68+,69-,81+/m1/s1. The summed E-state index contributed by atoms with van der Waals surface area (Å²) in [5.74, 6) is -13.7. The van der Waals surface area contributed by atoms with E-state index in [1.54, 1.807) is 91.1 Å². The molecule has 4 aliphatic rings. The molecule has 622 valence electrons. The number of carbonyl (C=O) groups is 12. The molecule has 18 N–H and O–H groups in total. The van der Waals surface area contributed by atoms with E-state index in [0.717, 1.165) is 21.6 Å². The van der Waals surface area contributed by atoms with Gasteiger partial charge in [-0.15, -0.1) is 0 Å². The lowest BCUT2D eigenvalue weighted by Crippen LogP contribution is -2.62. The van der Waals surface area contributed by atoms with Gasteiger partial charge in [0.05, 0.1) is 67.0 Å². The van der Waals surface area contributed by atoms with Gasteiger partial charge < -0.3 is 108 Å².